The number of hydrogen-bond donors (Lipinski definition) is 1. The second-order valence-corrected chi connectivity index (χ2v) is 5.58. The van der Waals surface area contributed by atoms with Gasteiger partial charge in [0.05, 0.1) is 18.7 Å². The number of esters is 1. The largest absolute Gasteiger partial charge is 0.466 e. The van der Waals surface area contributed by atoms with Crippen molar-refractivity contribution in [1.82, 2.24) is 4.98 Å². The molecule has 1 aromatic heterocycles. The lowest BCUT2D eigenvalue weighted by Gasteiger charge is -1.98. The molecule has 0 bridgehead atoms. The van der Waals surface area contributed by atoms with Crippen LogP contribution in [-0.2, 0) is 31.7 Å². The molecule has 0 amide bonds. The van der Waals surface area contributed by atoms with Crippen molar-refractivity contribution in [3.8, 4) is 0 Å². The summed E-state index contributed by atoms with van der Waals surface area (Å²) in [5.74, 6) is -0.685. The third kappa shape index (κ3) is 4.69. The first-order valence-electron chi connectivity index (χ1n) is 4.50. The standard InChI is InChI=1S/C8H12N2O4S2/c1-2-14-8(11)3-6-4-15-7(10-6)5-16(9,12)13/h4H,2-3,5H2,1H3,(H2,9,12,13). The molecule has 0 aliphatic heterocycles. The highest BCUT2D eigenvalue weighted by Gasteiger charge is 2.12. The van der Waals surface area contributed by atoms with Crippen molar-refractivity contribution in [1.29, 1.82) is 0 Å². The van der Waals surface area contributed by atoms with Crippen LogP contribution in [0.4, 0.5) is 0 Å². The van der Waals surface area contributed by atoms with Gasteiger partial charge in [0.25, 0.3) is 0 Å². The molecule has 0 fully saturated rings. The Morgan fingerprint density at radius 2 is 2.31 bits per heavy atom. The average molecular weight is 264 g/mol. The summed E-state index contributed by atoms with van der Waals surface area (Å²) in [4.78, 5) is 15.1. The molecule has 0 saturated carbocycles. The van der Waals surface area contributed by atoms with Crippen LogP contribution in [0.5, 0.6) is 0 Å². The Morgan fingerprint density at radius 3 is 2.88 bits per heavy atom. The van der Waals surface area contributed by atoms with E-state index in [-0.39, 0.29) is 18.1 Å². The van der Waals surface area contributed by atoms with E-state index in [1.54, 1.807) is 12.3 Å². The highest BCUT2D eigenvalue weighted by atomic mass is 32.2. The molecule has 0 aliphatic carbocycles. The number of primary sulfonamides is 1. The Balaban J connectivity index is 2.62. The van der Waals surface area contributed by atoms with Crippen molar-refractivity contribution < 1.29 is 17.9 Å². The number of nitrogens with zero attached hydrogens (tertiary/aromatic N) is 1. The predicted molar refractivity (Wildman–Crippen MR) is 59.3 cm³/mol. The number of aromatic nitrogens is 1. The molecule has 2 N–H and O–H groups in total. The van der Waals surface area contributed by atoms with Gasteiger partial charge in [-0.25, -0.2) is 18.5 Å². The van der Waals surface area contributed by atoms with E-state index in [0.29, 0.717) is 17.3 Å². The fourth-order valence-electron chi connectivity index (χ4n) is 1.03. The average Bonchev–Trinajstić information content (AvgIpc) is 2.49. The van der Waals surface area contributed by atoms with Crippen LogP contribution in [-0.4, -0.2) is 26.0 Å². The number of sulfonamides is 1. The summed E-state index contributed by atoms with van der Waals surface area (Å²) in [6.07, 6.45) is 0.0506. The second-order valence-electron chi connectivity index (χ2n) is 3.02. The van der Waals surface area contributed by atoms with E-state index in [1.807, 2.05) is 0 Å². The maximum absolute atomic E-state index is 11.1. The van der Waals surface area contributed by atoms with Gasteiger partial charge in [-0.3, -0.25) is 4.79 Å². The third-order valence-corrected chi connectivity index (χ3v) is 3.31. The lowest BCUT2D eigenvalue weighted by atomic mass is 10.3. The van der Waals surface area contributed by atoms with Gasteiger partial charge in [0.15, 0.2) is 0 Å². The number of nitrogens with two attached hydrogens (primary N) is 1. The van der Waals surface area contributed by atoms with Crippen LogP contribution in [0.2, 0.25) is 0 Å². The minimum atomic E-state index is -3.57. The van der Waals surface area contributed by atoms with Crippen molar-refractivity contribution in [2.45, 2.75) is 19.1 Å². The van der Waals surface area contributed by atoms with Crippen LogP contribution in [0.1, 0.15) is 17.6 Å². The quantitative estimate of drug-likeness (QED) is 0.757. The molecule has 0 saturated heterocycles. The first-order valence-corrected chi connectivity index (χ1v) is 7.09. The van der Waals surface area contributed by atoms with Crippen molar-refractivity contribution in [2.75, 3.05) is 6.61 Å². The summed E-state index contributed by atoms with van der Waals surface area (Å²) in [5.41, 5.74) is 0.502. The van der Waals surface area contributed by atoms with Gasteiger partial charge in [0, 0.05) is 5.38 Å². The molecule has 1 rings (SSSR count). The Morgan fingerprint density at radius 1 is 1.62 bits per heavy atom. The summed E-state index contributed by atoms with van der Waals surface area (Å²) in [7, 11) is -3.57. The number of carbonyl (C=O) groups excluding carboxylic acids is 1. The summed E-state index contributed by atoms with van der Waals surface area (Å²) in [6, 6.07) is 0. The number of ether oxygens (including phenoxy) is 1. The second kappa shape index (κ2) is 5.37. The summed E-state index contributed by atoms with van der Waals surface area (Å²) >= 11 is 1.16. The highest BCUT2D eigenvalue weighted by Crippen LogP contribution is 2.12. The Hall–Kier alpha value is -0.990. The van der Waals surface area contributed by atoms with Gasteiger partial charge in [-0.1, -0.05) is 0 Å². The fourth-order valence-corrected chi connectivity index (χ4v) is 2.78. The maximum atomic E-state index is 11.1. The van der Waals surface area contributed by atoms with Gasteiger partial charge in [-0.05, 0) is 6.92 Å². The molecule has 1 aromatic rings. The van der Waals surface area contributed by atoms with Crippen molar-refractivity contribution in [2.24, 2.45) is 5.14 Å². The van der Waals surface area contributed by atoms with Crippen LogP contribution >= 0.6 is 11.3 Å². The van der Waals surface area contributed by atoms with E-state index in [4.69, 9.17) is 9.88 Å². The maximum Gasteiger partial charge on any atom is 0.311 e. The minimum absolute atomic E-state index is 0.0506. The van der Waals surface area contributed by atoms with Crippen LogP contribution in [0.3, 0.4) is 0 Å². The normalized spacial score (nSPS) is 11.4. The van der Waals surface area contributed by atoms with E-state index in [2.05, 4.69) is 4.98 Å². The molecule has 0 unspecified atom stereocenters. The molecular weight excluding hydrogens is 252 g/mol. The van der Waals surface area contributed by atoms with Crippen LogP contribution in [0.15, 0.2) is 5.38 Å². The zero-order valence-electron chi connectivity index (χ0n) is 8.67. The van der Waals surface area contributed by atoms with Crippen LogP contribution < -0.4 is 5.14 Å². The lowest BCUT2D eigenvalue weighted by Crippen LogP contribution is -2.14. The number of hydrogen-bond acceptors (Lipinski definition) is 6. The lowest BCUT2D eigenvalue weighted by molar-refractivity contribution is -0.142. The zero-order valence-corrected chi connectivity index (χ0v) is 10.3. The van der Waals surface area contributed by atoms with E-state index in [9.17, 15) is 13.2 Å². The molecule has 0 spiro atoms. The van der Waals surface area contributed by atoms with Gasteiger partial charge in [0.1, 0.15) is 10.8 Å². The molecule has 90 valence electrons. The smallest absolute Gasteiger partial charge is 0.311 e. The molecule has 6 nitrogen and oxygen atoms in total. The highest BCUT2D eigenvalue weighted by molar-refractivity contribution is 7.88. The van der Waals surface area contributed by atoms with E-state index >= 15 is 0 Å². The Labute approximate surface area is 97.5 Å². The van der Waals surface area contributed by atoms with E-state index in [1.165, 1.54) is 0 Å². The van der Waals surface area contributed by atoms with Gasteiger partial charge in [-0.15, -0.1) is 11.3 Å². The first kappa shape index (κ1) is 13.1. The van der Waals surface area contributed by atoms with Crippen LogP contribution in [0, 0.1) is 0 Å². The molecule has 0 atom stereocenters. The zero-order chi connectivity index (χ0) is 12.2. The molecular formula is C8H12N2O4S2. The molecule has 0 aliphatic rings. The van der Waals surface area contributed by atoms with E-state index < -0.39 is 10.0 Å². The van der Waals surface area contributed by atoms with Crippen molar-refractivity contribution >= 4 is 27.3 Å². The third-order valence-electron chi connectivity index (χ3n) is 1.55. The van der Waals surface area contributed by atoms with Crippen molar-refractivity contribution in [3.63, 3.8) is 0 Å². The van der Waals surface area contributed by atoms with Crippen LogP contribution in [0.25, 0.3) is 0 Å². The Kier molecular flexibility index (Phi) is 4.39. The topological polar surface area (TPSA) is 99.4 Å². The summed E-state index contributed by atoms with van der Waals surface area (Å²) < 4.78 is 26.3. The molecule has 0 radical (unpaired) electrons. The number of rotatable bonds is 5. The number of thiazole rings is 1. The van der Waals surface area contributed by atoms with Gasteiger partial charge in [0.2, 0.25) is 10.0 Å². The molecule has 1 heterocycles. The minimum Gasteiger partial charge on any atom is -0.466 e. The Bertz CT molecular complexity index is 466. The predicted octanol–water partition coefficient (Wildman–Crippen LogP) is 0.0372. The number of carbonyl (C=O) groups is 1. The molecule has 8 heteroatoms. The van der Waals surface area contributed by atoms with E-state index in [0.717, 1.165) is 11.3 Å². The van der Waals surface area contributed by atoms with Crippen molar-refractivity contribution in [3.05, 3.63) is 16.1 Å². The van der Waals surface area contributed by atoms with Gasteiger partial charge < -0.3 is 4.74 Å². The SMILES string of the molecule is CCOC(=O)Cc1csc(CS(N)(=O)=O)n1. The van der Waals surface area contributed by atoms with Gasteiger partial charge in [-0.2, -0.15) is 0 Å². The molecule has 16 heavy (non-hydrogen) atoms. The summed E-state index contributed by atoms with van der Waals surface area (Å²) in [5, 5.41) is 6.87. The summed E-state index contributed by atoms with van der Waals surface area (Å²) in [6.45, 7) is 2.03. The fraction of sp³-hybridized carbons (Fsp3) is 0.500. The molecule has 0 aromatic carbocycles. The first-order chi connectivity index (χ1) is 7.40. The monoisotopic (exact) mass is 264 g/mol. The van der Waals surface area contributed by atoms with Gasteiger partial charge >= 0.3 is 5.97 Å².